The summed E-state index contributed by atoms with van der Waals surface area (Å²) in [7, 11) is 0. The maximum absolute atomic E-state index is 8.92. The van der Waals surface area contributed by atoms with Crippen LogP contribution >= 0.6 is 0 Å². The number of anilines is 1. The summed E-state index contributed by atoms with van der Waals surface area (Å²) in [5.41, 5.74) is 4.78. The maximum atomic E-state index is 8.92. The van der Waals surface area contributed by atoms with Crippen LogP contribution < -0.4 is 9.64 Å². The van der Waals surface area contributed by atoms with Crippen LogP contribution in [0.15, 0.2) is 42.5 Å². The fourth-order valence-electron chi connectivity index (χ4n) is 3.42. The lowest BCUT2D eigenvalue weighted by Crippen LogP contribution is -2.47. The van der Waals surface area contributed by atoms with Gasteiger partial charge in [0.05, 0.1) is 18.2 Å². The molecular weight excluding hydrogens is 322 g/mol. The van der Waals surface area contributed by atoms with Crippen molar-refractivity contribution in [3.8, 4) is 11.8 Å². The molecule has 0 bridgehead atoms. The predicted octanol–water partition coefficient (Wildman–Crippen LogP) is 3.77. The molecule has 3 rings (SSSR count). The van der Waals surface area contributed by atoms with Crippen molar-refractivity contribution in [3.05, 3.63) is 59.2 Å². The van der Waals surface area contributed by atoms with Gasteiger partial charge >= 0.3 is 0 Å². The Morgan fingerprint density at radius 3 is 2.58 bits per heavy atom. The minimum Gasteiger partial charge on any atom is -0.494 e. The number of ether oxygens (including phenoxy) is 1. The summed E-state index contributed by atoms with van der Waals surface area (Å²) in [5.74, 6) is 0.781. The van der Waals surface area contributed by atoms with E-state index in [1.54, 1.807) is 12.1 Å². The highest BCUT2D eigenvalue weighted by molar-refractivity contribution is 5.56. The smallest absolute Gasteiger partial charge is 0.120 e. The van der Waals surface area contributed by atoms with Crippen LogP contribution in [-0.2, 0) is 0 Å². The van der Waals surface area contributed by atoms with E-state index in [4.69, 9.17) is 10.00 Å². The topological polar surface area (TPSA) is 39.5 Å². The Morgan fingerprint density at radius 1 is 1.04 bits per heavy atom. The van der Waals surface area contributed by atoms with Gasteiger partial charge in [-0.05, 0) is 55.7 Å². The molecule has 26 heavy (non-hydrogen) atoms. The van der Waals surface area contributed by atoms with Crippen molar-refractivity contribution in [1.82, 2.24) is 4.90 Å². The van der Waals surface area contributed by atoms with Crippen LogP contribution in [0, 0.1) is 25.2 Å². The minimum atomic E-state index is 0.644. The van der Waals surface area contributed by atoms with Gasteiger partial charge in [0.1, 0.15) is 5.75 Å². The summed E-state index contributed by atoms with van der Waals surface area (Å²) in [4.78, 5) is 5.01. The second-order valence-electron chi connectivity index (χ2n) is 6.89. The van der Waals surface area contributed by atoms with Crippen molar-refractivity contribution in [2.75, 3.05) is 44.2 Å². The molecule has 1 aliphatic heterocycles. The largest absolute Gasteiger partial charge is 0.494 e. The van der Waals surface area contributed by atoms with E-state index in [0.29, 0.717) is 12.2 Å². The van der Waals surface area contributed by atoms with Crippen molar-refractivity contribution < 1.29 is 4.74 Å². The molecule has 1 saturated heterocycles. The van der Waals surface area contributed by atoms with Gasteiger partial charge in [-0.15, -0.1) is 0 Å². The third kappa shape index (κ3) is 4.56. The number of hydrogen-bond donors (Lipinski definition) is 0. The molecule has 0 atom stereocenters. The second kappa shape index (κ2) is 8.73. The molecule has 1 aliphatic rings. The summed E-state index contributed by atoms with van der Waals surface area (Å²) in [5, 5.41) is 8.92. The van der Waals surface area contributed by atoms with Crippen molar-refractivity contribution in [2.24, 2.45) is 0 Å². The average molecular weight is 349 g/mol. The van der Waals surface area contributed by atoms with Crippen molar-refractivity contribution in [3.63, 3.8) is 0 Å². The summed E-state index contributed by atoms with van der Waals surface area (Å²) < 4.78 is 5.77. The average Bonchev–Trinajstić information content (AvgIpc) is 2.68. The number of piperazine rings is 1. The minimum absolute atomic E-state index is 0.644. The first-order valence-electron chi connectivity index (χ1n) is 9.34. The van der Waals surface area contributed by atoms with Gasteiger partial charge in [0, 0.05) is 38.4 Å². The van der Waals surface area contributed by atoms with E-state index < -0.39 is 0 Å². The highest BCUT2D eigenvalue weighted by atomic mass is 16.5. The fraction of sp³-hybridized carbons (Fsp3) is 0.409. The Balaban J connectivity index is 1.40. The number of rotatable bonds is 6. The fourth-order valence-corrected chi connectivity index (χ4v) is 3.42. The number of aryl methyl sites for hydroxylation is 1. The molecule has 4 nitrogen and oxygen atoms in total. The third-order valence-electron chi connectivity index (χ3n) is 5.14. The zero-order valence-corrected chi connectivity index (χ0v) is 15.7. The predicted molar refractivity (Wildman–Crippen MR) is 106 cm³/mol. The third-order valence-corrected chi connectivity index (χ3v) is 5.14. The first-order valence-corrected chi connectivity index (χ1v) is 9.34. The first-order chi connectivity index (χ1) is 12.7. The number of hydrogen-bond acceptors (Lipinski definition) is 4. The summed E-state index contributed by atoms with van der Waals surface area (Å²) in [6, 6.07) is 16.1. The zero-order chi connectivity index (χ0) is 18.4. The van der Waals surface area contributed by atoms with E-state index in [1.165, 1.54) is 16.8 Å². The van der Waals surface area contributed by atoms with Gasteiger partial charge in [-0.25, -0.2) is 0 Å². The van der Waals surface area contributed by atoms with Crippen LogP contribution in [0.3, 0.4) is 0 Å². The molecule has 2 aromatic carbocycles. The van der Waals surface area contributed by atoms with Crippen LogP contribution in [0.2, 0.25) is 0 Å². The van der Waals surface area contributed by atoms with Crippen molar-refractivity contribution in [2.45, 2.75) is 20.3 Å². The van der Waals surface area contributed by atoms with E-state index in [9.17, 15) is 0 Å². The van der Waals surface area contributed by atoms with Crippen LogP contribution in [0.1, 0.15) is 23.1 Å². The lowest BCUT2D eigenvalue weighted by molar-refractivity contribution is 0.224. The van der Waals surface area contributed by atoms with Crippen molar-refractivity contribution in [1.29, 1.82) is 5.26 Å². The van der Waals surface area contributed by atoms with Gasteiger partial charge in [0.2, 0.25) is 0 Å². The molecule has 0 N–H and O–H groups in total. The molecule has 0 aliphatic carbocycles. The standard InChI is InChI=1S/C22H27N3O/c1-18-6-3-9-22(19(18)2)25-13-11-24(12-14-25)10-5-15-26-21-8-4-7-20(16-21)17-23/h3-4,6-9,16H,5,10-15H2,1-2H3. The van der Waals surface area contributed by atoms with Gasteiger partial charge in [0.25, 0.3) is 0 Å². The maximum Gasteiger partial charge on any atom is 0.120 e. The Kier molecular flexibility index (Phi) is 6.14. The molecule has 0 amide bonds. The van der Waals surface area contributed by atoms with Gasteiger partial charge in [0.15, 0.2) is 0 Å². The zero-order valence-electron chi connectivity index (χ0n) is 15.7. The van der Waals surface area contributed by atoms with Gasteiger partial charge in [-0.1, -0.05) is 18.2 Å². The lowest BCUT2D eigenvalue weighted by atomic mass is 10.1. The summed E-state index contributed by atoms with van der Waals surface area (Å²) in [6.45, 7) is 10.5. The van der Waals surface area contributed by atoms with Gasteiger partial charge in [-0.3, -0.25) is 4.90 Å². The van der Waals surface area contributed by atoms with Crippen LogP contribution in [0.5, 0.6) is 5.75 Å². The SMILES string of the molecule is Cc1cccc(N2CCN(CCCOc3cccc(C#N)c3)CC2)c1C. The van der Waals surface area contributed by atoms with Gasteiger partial charge < -0.3 is 9.64 Å². The van der Waals surface area contributed by atoms with E-state index >= 15 is 0 Å². The molecule has 0 unspecified atom stereocenters. The van der Waals surface area contributed by atoms with Crippen LogP contribution in [0.4, 0.5) is 5.69 Å². The Labute approximate surface area is 156 Å². The number of nitrogens with zero attached hydrogens (tertiary/aromatic N) is 3. The van der Waals surface area contributed by atoms with Crippen molar-refractivity contribution >= 4 is 5.69 Å². The molecule has 2 aromatic rings. The molecule has 0 radical (unpaired) electrons. The molecule has 0 saturated carbocycles. The van der Waals surface area contributed by atoms with Crippen LogP contribution in [0.25, 0.3) is 0 Å². The second-order valence-corrected chi connectivity index (χ2v) is 6.89. The molecule has 0 aromatic heterocycles. The quantitative estimate of drug-likeness (QED) is 0.744. The molecule has 4 heteroatoms. The van der Waals surface area contributed by atoms with Gasteiger partial charge in [-0.2, -0.15) is 5.26 Å². The highest BCUT2D eigenvalue weighted by Gasteiger charge is 2.18. The number of nitriles is 1. The van der Waals surface area contributed by atoms with Crippen LogP contribution in [-0.4, -0.2) is 44.2 Å². The monoisotopic (exact) mass is 349 g/mol. The normalized spacial score (nSPS) is 14.9. The van der Waals surface area contributed by atoms with E-state index in [-0.39, 0.29) is 0 Å². The van der Waals surface area contributed by atoms with E-state index in [2.05, 4.69) is 47.9 Å². The summed E-state index contributed by atoms with van der Waals surface area (Å²) in [6.07, 6.45) is 1.00. The molecular formula is C22H27N3O. The Hall–Kier alpha value is -2.51. The highest BCUT2D eigenvalue weighted by Crippen LogP contribution is 2.23. The first kappa shape index (κ1) is 18.3. The van der Waals surface area contributed by atoms with E-state index in [1.807, 2.05) is 12.1 Å². The Bertz CT molecular complexity index is 773. The molecule has 1 fully saturated rings. The molecule has 0 spiro atoms. The summed E-state index contributed by atoms with van der Waals surface area (Å²) >= 11 is 0. The van der Waals surface area contributed by atoms with E-state index in [0.717, 1.165) is 44.9 Å². The Morgan fingerprint density at radius 2 is 1.81 bits per heavy atom. The molecule has 1 heterocycles. The molecule has 136 valence electrons. The lowest BCUT2D eigenvalue weighted by Gasteiger charge is -2.37. The number of benzene rings is 2.